The van der Waals surface area contributed by atoms with E-state index in [9.17, 15) is 30.0 Å². The molecule has 0 aliphatic carbocycles. The molecule has 1 aliphatic heterocycles. The molecule has 10 nitrogen and oxygen atoms in total. The molecule has 10 heteroatoms. The van der Waals surface area contributed by atoms with Gasteiger partial charge in [-0.1, -0.05) is 204 Å². The predicted octanol–water partition coefficient (Wildman–Crippen LogP) is 12.0. The van der Waals surface area contributed by atoms with Crippen LogP contribution in [-0.2, 0) is 28.5 Å². The van der Waals surface area contributed by atoms with E-state index in [1.165, 1.54) is 116 Å². The number of unbranched alkanes of at least 4 members (excludes halogenated alkanes) is 24. The van der Waals surface area contributed by atoms with Crippen LogP contribution in [0.4, 0.5) is 0 Å². The van der Waals surface area contributed by atoms with E-state index in [1.54, 1.807) is 0 Å². The molecule has 0 aromatic rings. The summed E-state index contributed by atoms with van der Waals surface area (Å²) in [5.74, 6) is -0.808. The van der Waals surface area contributed by atoms with Crippen LogP contribution >= 0.6 is 0 Å². The number of aliphatic hydroxyl groups excluding tert-OH is 4. The zero-order chi connectivity index (χ0) is 45.9. The van der Waals surface area contributed by atoms with E-state index >= 15 is 0 Å². The average molecular weight is 891 g/mol. The van der Waals surface area contributed by atoms with E-state index in [4.69, 9.17) is 18.9 Å². The van der Waals surface area contributed by atoms with Crippen molar-refractivity contribution in [3.63, 3.8) is 0 Å². The maximum Gasteiger partial charge on any atom is 0.306 e. The van der Waals surface area contributed by atoms with Crippen LogP contribution in [0.15, 0.2) is 48.6 Å². The van der Waals surface area contributed by atoms with Gasteiger partial charge in [0.2, 0.25) is 0 Å². The molecule has 6 atom stereocenters. The van der Waals surface area contributed by atoms with Crippen LogP contribution in [0.5, 0.6) is 0 Å². The maximum absolute atomic E-state index is 12.8. The van der Waals surface area contributed by atoms with E-state index in [0.29, 0.717) is 6.42 Å². The molecule has 0 bridgehead atoms. The van der Waals surface area contributed by atoms with E-state index in [1.807, 2.05) is 0 Å². The van der Waals surface area contributed by atoms with Crippen LogP contribution in [0.25, 0.3) is 0 Å². The van der Waals surface area contributed by atoms with Crippen molar-refractivity contribution in [1.82, 2.24) is 0 Å². The Morgan fingerprint density at radius 3 is 1.41 bits per heavy atom. The van der Waals surface area contributed by atoms with Crippen molar-refractivity contribution in [2.75, 3.05) is 19.8 Å². The van der Waals surface area contributed by atoms with Crippen molar-refractivity contribution in [2.24, 2.45) is 0 Å². The van der Waals surface area contributed by atoms with Gasteiger partial charge in [-0.15, -0.1) is 0 Å². The number of ether oxygens (including phenoxy) is 4. The third-order valence-electron chi connectivity index (χ3n) is 11.7. The molecular weight excluding hydrogens is 797 g/mol. The number of carbonyl (C=O) groups is 2. The Bertz CT molecular complexity index is 1170. The van der Waals surface area contributed by atoms with Gasteiger partial charge < -0.3 is 39.4 Å². The van der Waals surface area contributed by atoms with Crippen molar-refractivity contribution < 1.29 is 49.0 Å². The average Bonchev–Trinajstić information content (AvgIpc) is 3.28. The number of hydrogen-bond acceptors (Lipinski definition) is 10. The molecule has 0 spiro atoms. The summed E-state index contributed by atoms with van der Waals surface area (Å²) in [6.07, 6.45) is 45.4. The Hall–Kier alpha value is -2.34. The van der Waals surface area contributed by atoms with Gasteiger partial charge >= 0.3 is 11.9 Å². The Labute approximate surface area is 384 Å². The first-order valence-electron chi connectivity index (χ1n) is 25.7. The van der Waals surface area contributed by atoms with Gasteiger partial charge in [-0.05, 0) is 51.4 Å². The Balaban J connectivity index is 2.26. The quantitative estimate of drug-likeness (QED) is 0.0264. The largest absolute Gasteiger partial charge is 0.462 e. The summed E-state index contributed by atoms with van der Waals surface area (Å²) in [6.45, 7) is 3.33. The normalized spacial score (nSPS) is 19.9. The second-order valence-electron chi connectivity index (χ2n) is 17.6. The van der Waals surface area contributed by atoms with Crippen LogP contribution in [-0.4, -0.2) is 89.0 Å². The predicted molar refractivity (Wildman–Crippen MR) is 256 cm³/mol. The van der Waals surface area contributed by atoms with Crippen molar-refractivity contribution in [1.29, 1.82) is 0 Å². The first-order chi connectivity index (χ1) is 30.8. The summed E-state index contributed by atoms with van der Waals surface area (Å²) >= 11 is 0. The van der Waals surface area contributed by atoms with Crippen LogP contribution < -0.4 is 0 Å². The second-order valence-corrected chi connectivity index (χ2v) is 17.6. The van der Waals surface area contributed by atoms with Gasteiger partial charge in [0.1, 0.15) is 31.0 Å². The van der Waals surface area contributed by atoms with Crippen LogP contribution in [0.3, 0.4) is 0 Å². The SMILES string of the molecule is CC/C=C\C/C=C\C/C=C\C/C=C\CCCCCCCCCCC(=O)OC(COC(=O)CCCCCCCCCCCCCCCCCCC)COC1OC(CO)C(O)C(O)C1O. The number of allylic oxidation sites excluding steroid dienone is 8. The van der Waals surface area contributed by atoms with E-state index in [-0.39, 0.29) is 32.0 Å². The highest BCUT2D eigenvalue weighted by Gasteiger charge is 2.44. The van der Waals surface area contributed by atoms with E-state index < -0.39 is 49.4 Å². The summed E-state index contributed by atoms with van der Waals surface area (Å²) in [5, 5.41) is 40.2. The lowest BCUT2D eigenvalue weighted by atomic mass is 9.99. The molecule has 366 valence electrons. The molecule has 1 fully saturated rings. The van der Waals surface area contributed by atoms with E-state index in [0.717, 1.165) is 70.6 Å². The molecule has 0 saturated carbocycles. The molecule has 6 unspecified atom stereocenters. The first-order valence-corrected chi connectivity index (χ1v) is 25.7. The van der Waals surface area contributed by atoms with Crippen LogP contribution in [0.1, 0.15) is 219 Å². The maximum atomic E-state index is 12.8. The number of carbonyl (C=O) groups excluding carboxylic acids is 2. The fourth-order valence-electron chi connectivity index (χ4n) is 7.71. The molecule has 0 radical (unpaired) electrons. The summed E-state index contributed by atoms with van der Waals surface area (Å²) in [5.41, 5.74) is 0. The molecule has 63 heavy (non-hydrogen) atoms. The molecule has 0 amide bonds. The van der Waals surface area contributed by atoms with Gasteiger partial charge in [0, 0.05) is 12.8 Å². The summed E-state index contributed by atoms with van der Waals surface area (Å²) in [4.78, 5) is 25.5. The summed E-state index contributed by atoms with van der Waals surface area (Å²) in [7, 11) is 0. The lowest BCUT2D eigenvalue weighted by Gasteiger charge is -2.39. The van der Waals surface area contributed by atoms with Gasteiger partial charge in [0.05, 0.1) is 13.2 Å². The van der Waals surface area contributed by atoms with Gasteiger partial charge in [-0.3, -0.25) is 9.59 Å². The lowest BCUT2D eigenvalue weighted by molar-refractivity contribution is -0.305. The number of esters is 2. The lowest BCUT2D eigenvalue weighted by Crippen LogP contribution is -2.59. The van der Waals surface area contributed by atoms with Crippen molar-refractivity contribution in [2.45, 2.75) is 256 Å². The smallest absolute Gasteiger partial charge is 0.306 e. The van der Waals surface area contributed by atoms with Gasteiger partial charge in [-0.25, -0.2) is 0 Å². The zero-order valence-corrected chi connectivity index (χ0v) is 40.1. The fourth-order valence-corrected chi connectivity index (χ4v) is 7.71. The third kappa shape index (κ3) is 34.6. The third-order valence-corrected chi connectivity index (χ3v) is 11.7. The minimum atomic E-state index is -1.60. The molecule has 1 aliphatic rings. The van der Waals surface area contributed by atoms with E-state index in [2.05, 4.69) is 62.5 Å². The van der Waals surface area contributed by atoms with Gasteiger partial charge in [-0.2, -0.15) is 0 Å². The number of aliphatic hydroxyl groups is 4. The first kappa shape index (κ1) is 58.7. The number of rotatable bonds is 43. The Morgan fingerprint density at radius 2 is 0.937 bits per heavy atom. The molecule has 1 rings (SSSR count). The fraction of sp³-hybridized carbons (Fsp3) is 0.811. The standard InChI is InChI=1S/C53H94O10/c1-3-5-7-9-11-13-15-17-19-21-22-23-24-26-28-30-32-34-36-38-40-42-49(56)62-46(45-61-53-52(59)51(58)50(57)47(43-54)63-53)44-60-48(55)41-39-37-35-33-31-29-27-25-20-18-16-14-12-10-8-6-4-2/h5,7,11,13,17,19,22-23,46-47,50-54,57-59H,3-4,6,8-10,12,14-16,18,20-21,24-45H2,1-2H3/b7-5-,13-11-,19-17-,23-22-. The Kier molecular flexibility index (Phi) is 40.6. The molecule has 0 aromatic heterocycles. The highest BCUT2D eigenvalue weighted by atomic mass is 16.7. The van der Waals surface area contributed by atoms with Crippen LogP contribution in [0.2, 0.25) is 0 Å². The highest BCUT2D eigenvalue weighted by molar-refractivity contribution is 5.70. The van der Waals surface area contributed by atoms with Crippen molar-refractivity contribution >= 4 is 11.9 Å². The molecule has 1 saturated heterocycles. The molecular formula is C53H94O10. The minimum absolute atomic E-state index is 0.219. The number of hydrogen-bond donors (Lipinski definition) is 4. The monoisotopic (exact) mass is 891 g/mol. The van der Waals surface area contributed by atoms with Crippen molar-refractivity contribution in [3.05, 3.63) is 48.6 Å². The van der Waals surface area contributed by atoms with Crippen molar-refractivity contribution in [3.8, 4) is 0 Å². The van der Waals surface area contributed by atoms with Gasteiger partial charge in [0.25, 0.3) is 0 Å². The molecule has 0 aromatic carbocycles. The summed E-state index contributed by atoms with van der Waals surface area (Å²) in [6, 6.07) is 0. The summed E-state index contributed by atoms with van der Waals surface area (Å²) < 4.78 is 22.2. The second kappa shape index (κ2) is 43.5. The minimum Gasteiger partial charge on any atom is -0.462 e. The highest BCUT2D eigenvalue weighted by Crippen LogP contribution is 2.23. The molecule has 4 N–H and O–H groups in total. The Morgan fingerprint density at radius 1 is 0.508 bits per heavy atom. The van der Waals surface area contributed by atoms with Gasteiger partial charge in [0.15, 0.2) is 12.4 Å². The van der Waals surface area contributed by atoms with Crippen LogP contribution in [0, 0.1) is 0 Å². The molecule has 1 heterocycles. The zero-order valence-electron chi connectivity index (χ0n) is 40.1. The topological polar surface area (TPSA) is 152 Å².